The summed E-state index contributed by atoms with van der Waals surface area (Å²) in [7, 11) is 0. The molecule has 0 aromatic rings. The average molecular weight is 240 g/mol. The van der Waals surface area contributed by atoms with Crippen LogP contribution in [0.3, 0.4) is 0 Å². The van der Waals surface area contributed by atoms with Crippen LogP contribution in [0.4, 0.5) is 4.79 Å². The number of carbonyl (C=O) groups excluding carboxylic acids is 1. The van der Waals surface area contributed by atoms with Crippen molar-refractivity contribution in [2.75, 3.05) is 6.54 Å². The second kappa shape index (κ2) is 6.93. The fourth-order valence-corrected chi connectivity index (χ4v) is 1.78. The SMILES string of the molecule is CC(NC(=O)NCCC1=CCCCC1)C(=O)O. The maximum Gasteiger partial charge on any atom is 0.325 e. The van der Waals surface area contributed by atoms with E-state index in [0.717, 1.165) is 19.3 Å². The van der Waals surface area contributed by atoms with Gasteiger partial charge >= 0.3 is 12.0 Å². The lowest BCUT2D eigenvalue weighted by Gasteiger charge is -2.14. The summed E-state index contributed by atoms with van der Waals surface area (Å²) in [6, 6.07) is -1.28. The molecule has 0 saturated heterocycles. The van der Waals surface area contributed by atoms with E-state index in [1.54, 1.807) is 0 Å². The number of nitrogens with one attached hydrogen (secondary N) is 2. The van der Waals surface area contributed by atoms with E-state index in [1.165, 1.54) is 25.3 Å². The third-order valence-corrected chi connectivity index (χ3v) is 2.83. The van der Waals surface area contributed by atoms with Crippen molar-refractivity contribution in [2.45, 2.75) is 45.1 Å². The van der Waals surface area contributed by atoms with Gasteiger partial charge in [-0.25, -0.2) is 4.79 Å². The average Bonchev–Trinajstić information content (AvgIpc) is 2.30. The minimum atomic E-state index is -1.03. The third-order valence-electron chi connectivity index (χ3n) is 2.83. The highest BCUT2D eigenvalue weighted by molar-refractivity contribution is 5.82. The van der Waals surface area contributed by atoms with Crippen LogP contribution in [0.5, 0.6) is 0 Å². The van der Waals surface area contributed by atoms with Crippen LogP contribution >= 0.6 is 0 Å². The van der Waals surface area contributed by atoms with Crippen molar-refractivity contribution in [3.05, 3.63) is 11.6 Å². The van der Waals surface area contributed by atoms with Crippen LogP contribution in [-0.2, 0) is 4.79 Å². The normalized spacial score (nSPS) is 16.9. The number of amides is 2. The second-order valence-corrected chi connectivity index (χ2v) is 4.32. The fraction of sp³-hybridized carbons (Fsp3) is 0.667. The summed E-state index contributed by atoms with van der Waals surface area (Å²) in [6.07, 6.45) is 7.84. The molecule has 3 N–H and O–H groups in total. The third kappa shape index (κ3) is 5.38. The van der Waals surface area contributed by atoms with E-state index < -0.39 is 18.0 Å². The highest BCUT2D eigenvalue weighted by Crippen LogP contribution is 2.19. The Labute approximate surface area is 101 Å². The topological polar surface area (TPSA) is 78.4 Å². The van der Waals surface area contributed by atoms with Crippen molar-refractivity contribution in [3.63, 3.8) is 0 Å². The molecule has 0 heterocycles. The zero-order chi connectivity index (χ0) is 12.7. The molecule has 0 fully saturated rings. The van der Waals surface area contributed by atoms with Crippen LogP contribution in [0.1, 0.15) is 39.0 Å². The maximum absolute atomic E-state index is 11.3. The molecular formula is C12H20N2O3. The Morgan fingerprint density at radius 2 is 2.24 bits per heavy atom. The maximum atomic E-state index is 11.3. The number of rotatable bonds is 5. The number of carbonyl (C=O) groups is 2. The first-order chi connectivity index (χ1) is 8.09. The summed E-state index contributed by atoms with van der Waals surface area (Å²) in [5.41, 5.74) is 1.39. The Morgan fingerprint density at radius 1 is 1.47 bits per heavy atom. The van der Waals surface area contributed by atoms with Crippen molar-refractivity contribution in [1.82, 2.24) is 10.6 Å². The van der Waals surface area contributed by atoms with Gasteiger partial charge in [-0.1, -0.05) is 11.6 Å². The standard InChI is InChI=1S/C12H20N2O3/c1-9(11(15)16)14-12(17)13-8-7-10-5-3-2-4-6-10/h5,9H,2-4,6-8H2,1H3,(H,15,16)(H2,13,14,17). The van der Waals surface area contributed by atoms with Gasteiger partial charge in [0.25, 0.3) is 0 Å². The summed E-state index contributed by atoms with van der Waals surface area (Å²) < 4.78 is 0. The molecule has 0 saturated carbocycles. The predicted molar refractivity (Wildman–Crippen MR) is 64.8 cm³/mol. The number of carboxylic acid groups (broad SMARTS) is 1. The number of allylic oxidation sites excluding steroid dienone is 1. The molecule has 5 nitrogen and oxygen atoms in total. The van der Waals surface area contributed by atoms with Crippen molar-refractivity contribution in [1.29, 1.82) is 0 Å². The smallest absolute Gasteiger partial charge is 0.325 e. The van der Waals surface area contributed by atoms with Gasteiger partial charge in [-0.05, 0) is 39.0 Å². The number of carboxylic acids is 1. The van der Waals surface area contributed by atoms with Gasteiger partial charge in [-0.3, -0.25) is 4.79 Å². The molecule has 1 rings (SSSR count). The lowest BCUT2D eigenvalue weighted by Crippen LogP contribution is -2.44. The highest BCUT2D eigenvalue weighted by Gasteiger charge is 2.13. The van der Waals surface area contributed by atoms with Gasteiger partial charge in [0.2, 0.25) is 0 Å². The second-order valence-electron chi connectivity index (χ2n) is 4.32. The molecule has 17 heavy (non-hydrogen) atoms. The minimum absolute atomic E-state index is 0.420. The zero-order valence-corrected chi connectivity index (χ0v) is 10.2. The molecule has 96 valence electrons. The van der Waals surface area contributed by atoms with E-state index in [2.05, 4.69) is 16.7 Å². The first-order valence-electron chi connectivity index (χ1n) is 6.04. The van der Waals surface area contributed by atoms with Crippen LogP contribution in [-0.4, -0.2) is 29.7 Å². The quantitative estimate of drug-likeness (QED) is 0.639. The van der Waals surface area contributed by atoms with E-state index in [4.69, 9.17) is 5.11 Å². The lowest BCUT2D eigenvalue weighted by atomic mass is 9.97. The Morgan fingerprint density at radius 3 is 2.82 bits per heavy atom. The Hall–Kier alpha value is -1.52. The van der Waals surface area contributed by atoms with Gasteiger partial charge in [-0.15, -0.1) is 0 Å². The highest BCUT2D eigenvalue weighted by atomic mass is 16.4. The molecule has 0 spiro atoms. The monoisotopic (exact) mass is 240 g/mol. The molecule has 1 aliphatic carbocycles. The van der Waals surface area contributed by atoms with Crippen molar-refractivity contribution in [2.24, 2.45) is 0 Å². The summed E-state index contributed by atoms with van der Waals surface area (Å²) in [6.45, 7) is 2.00. The van der Waals surface area contributed by atoms with Gasteiger partial charge in [0.15, 0.2) is 0 Å². The summed E-state index contributed by atoms with van der Waals surface area (Å²) in [5, 5.41) is 13.6. The van der Waals surface area contributed by atoms with Crippen LogP contribution in [0.25, 0.3) is 0 Å². The molecule has 1 unspecified atom stereocenters. The summed E-state index contributed by atoms with van der Waals surface area (Å²) in [5.74, 6) is -1.03. The van der Waals surface area contributed by atoms with Gasteiger partial charge in [0.05, 0.1) is 0 Å². The molecule has 0 aromatic heterocycles. The van der Waals surface area contributed by atoms with E-state index >= 15 is 0 Å². The lowest BCUT2D eigenvalue weighted by molar-refractivity contribution is -0.138. The summed E-state index contributed by atoms with van der Waals surface area (Å²) >= 11 is 0. The molecular weight excluding hydrogens is 220 g/mol. The molecule has 0 aliphatic heterocycles. The molecule has 0 bridgehead atoms. The molecule has 1 atom stereocenters. The van der Waals surface area contributed by atoms with E-state index in [1.807, 2.05) is 0 Å². The van der Waals surface area contributed by atoms with Crippen LogP contribution in [0.2, 0.25) is 0 Å². The van der Waals surface area contributed by atoms with Crippen LogP contribution < -0.4 is 10.6 Å². The van der Waals surface area contributed by atoms with Gasteiger partial charge in [0.1, 0.15) is 6.04 Å². The Kier molecular flexibility index (Phi) is 5.52. The Balaban J connectivity index is 2.15. The number of hydrogen-bond acceptors (Lipinski definition) is 2. The number of aliphatic carboxylic acids is 1. The number of hydrogen-bond donors (Lipinski definition) is 3. The Bertz CT molecular complexity index is 313. The van der Waals surface area contributed by atoms with Crippen molar-refractivity contribution in [3.8, 4) is 0 Å². The van der Waals surface area contributed by atoms with E-state index in [-0.39, 0.29) is 0 Å². The van der Waals surface area contributed by atoms with E-state index in [9.17, 15) is 9.59 Å². The van der Waals surface area contributed by atoms with Gasteiger partial charge < -0.3 is 15.7 Å². The molecule has 0 aromatic carbocycles. The number of urea groups is 1. The minimum Gasteiger partial charge on any atom is -0.480 e. The fourth-order valence-electron chi connectivity index (χ4n) is 1.78. The summed E-state index contributed by atoms with van der Waals surface area (Å²) in [4.78, 5) is 21.8. The molecule has 1 aliphatic rings. The largest absolute Gasteiger partial charge is 0.480 e. The first-order valence-corrected chi connectivity index (χ1v) is 6.04. The van der Waals surface area contributed by atoms with E-state index in [0.29, 0.717) is 6.54 Å². The van der Waals surface area contributed by atoms with Gasteiger partial charge in [-0.2, -0.15) is 0 Å². The van der Waals surface area contributed by atoms with Crippen molar-refractivity contribution < 1.29 is 14.7 Å². The predicted octanol–water partition coefficient (Wildman–Crippen LogP) is 1.65. The first kappa shape index (κ1) is 13.5. The molecule has 0 radical (unpaired) electrons. The van der Waals surface area contributed by atoms with Crippen molar-refractivity contribution >= 4 is 12.0 Å². The molecule has 5 heteroatoms. The zero-order valence-electron chi connectivity index (χ0n) is 10.2. The van der Waals surface area contributed by atoms with Crippen LogP contribution in [0, 0.1) is 0 Å². The van der Waals surface area contributed by atoms with Crippen LogP contribution in [0.15, 0.2) is 11.6 Å². The molecule has 2 amide bonds. The van der Waals surface area contributed by atoms with Gasteiger partial charge in [0, 0.05) is 6.54 Å².